The van der Waals surface area contributed by atoms with Crippen LogP contribution < -0.4 is 5.73 Å². The van der Waals surface area contributed by atoms with E-state index in [9.17, 15) is 4.79 Å². The van der Waals surface area contributed by atoms with Crippen LogP contribution >= 0.6 is 11.3 Å². The van der Waals surface area contributed by atoms with Crippen LogP contribution in [0.5, 0.6) is 0 Å². The average molecular weight is 288 g/mol. The van der Waals surface area contributed by atoms with Gasteiger partial charge in [-0.1, -0.05) is 0 Å². The summed E-state index contributed by atoms with van der Waals surface area (Å²) in [5, 5.41) is 9.67. The van der Waals surface area contributed by atoms with E-state index in [-0.39, 0.29) is 11.8 Å². The van der Waals surface area contributed by atoms with Crippen molar-refractivity contribution in [3.05, 3.63) is 22.7 Å². The van der Waals surface area contributed by atoms with Gasteiger partial charge >= 0.3 is 0 Å². The molecule has 1 atom stereocenters. The van der Waals surface area contributed by atoms with Crippen molar-refractivity contribution in [3.8, 4) is 6.07 Å². The number of nitrogens with two attached hydrogens (primary N) is 1. The number of aryl methyl sites for hydroxylation is 1. The van der Waals surface area contributed by atoms with E-state index in [0.29, 0.717) is 17.1 Å². The second-order valence-electron chi connectivity index (χ2n) is 4.87. The average Bonchev–Trinajstić information content (AvgIpc) is 2.76. The number of pyridine rings is 1. The van der Waals surface area contributed by atoms with Crippen molar-refractivity contribution >= 4 is 33.1 Å². The smallest absolute Gasteiger partial charge is 0.265 e. The Labute approximate surface area is 121 Å². The number of aromatic nitrogens is 1. The van der Waals surface area contributed by atoms with Crippen LogP contribution in [0.3, 0.4) is 0 Å². The van der Waals surface area contributed by atoms with Gasteiger partial charge in [-0.05, 0) is 25.5 Å². The van der Waals surface area contributed by atoms with E-state index in [0.717, 1.165) is 15.8 Å². The first kappa shape index (κ1) is 14.3. The first-order valence-corrected chi connectivity index (χ1v) is 7.06. The van der Waals surface area contributed by atoms with Gasteiger partial charge in [-0.15, -0.1) is 11.3 Å². The molecule has 5 nitrogen and oxygen atoms in total. The highest BCUT2D eigenvalue weighted by molar-refractivity contribution is 7.21. The molecule has 0 saturated heterocycles. The fraction of sp³-hybridized carbons (Fsp3) is 0.357. The Balaban J connectivity index is 2.39. The number of nitriles is 1. The minimum absolute atomic E-state index is 0.160. The number of carbonyl (C=O) groups excluding carboxylic acids is 1. The van der Waals surface area contributed by atoms with Gasteiger partial charge < -0.3 is 10.6 Å². The molecule has 0 aliphatic heterocycles. The standard InChI is InChI=1S/C14H16N4OS/c1-8(6-15)7-18(3)14(19)12-11(16)10-9(2)4-5-17-13(10)20-12/h4-5,8H,7,16H2,1-3H3. The number of rotatable bonds is 3. The predicted octanol–water partition coefficient (Wildman–Crippen LogP) is 2.42. The third kappa shape index (κ3) is 2.45. The molecule has 20 heavy (non-hydrogen) atoms. The van der Waals surface area contributed by atoms with Crippen molar-refractivity contribution in [2.45, 2.75) is 13.8 Å². The van der Waals surface area contributed by atoms with Crippen molar-refractivity contribution < 1.29 is 4.79 Å². The number of nitrogens with zero attached hydrogens (tertiary/aromatic N) is 3. The number of hydrogen-bond acceptors (Lipinski definition) is 5. The Morgan fingerprint density at radius 3 is 2.95 bits per heavy atom. The SMILES string of the molecule is Cc1ccnc2sc(C(=O)N(C)CC(C)C#N)c(N)c12. The summed E-state index contributed by atoms with van der Waals surface area (Å²) in [7, 11) is 1.68. The molecule has 2 aromatic rings. The third-order valence-electron chi connectivity index (χ3n) is 3.15. The highest BCUT2D eigenvalue weighted by Gasteiger charge is 2.22. The summed E-state index contributed by atoms with van der Waals surface area (Å²) in [6.45, 7) is 4.11. The van der Waals surface area contributed by atoms with Gasteiger partial charge in [-0.2, -0.15) is 5.26 Å². The lowest BCUT2D eigenvalue weighted by molar-refractivity contribution is 0.0791. The monoisotopic (exact) mass is 288 g/mol. The fourth-order valence-corrected chi connectivity index (χ4v) is 3.21. The molecule has 2 heterocycles. The lowest BCUT2D eigenvalue weighted by Crippen LogP contribution is -2.30. The van der Waals surface area contributed by atoms with Crippen LogP contribution in [0, 0.1) is 24.2 Å². The predicted molar refractivity (Wildman–Crippen MR) is 80.5 cm³/mol. The van der Waals surface area contributed by atoms with E-state index < -0.39 is 0 Å². The van der Waals surface area contributed by atoms with Crippen LogP contribution in [-0.4, -0.2) is 29.4 Å². The Bertz CT molecular complexity index is 701. The van der Waals surface area contributed by atoms with Crippen molar-refractivity contribution in [2.75, 3.05) is 19.3 Å². The molecule has 1 amide bonds. The number of hydrogen-bond donors (Lipinski definition) is 1. The molecule has 0 aliphatic rings. The Morgan fingerprint density at radius 2 is 2.35 bits per heavy atom. The zero-order valence-electron chi connectivity index (χ0n) is 11.7. The Morgan fingerprint density at radius 1 is 1.65 bits per heavy atom. The van der Waals surface area contributed by atoms with E-state index in [4.69, 9.17) is 11.0 Å². The normalized spacial score (nSPS) is 12.1. The molecular weight excluding hydrogens is 272 g/mol. The van der Waals surface area contributed by atoms with Crippen LogP contribution in [-0.2, 0) is 0 Å². The molecule has 0 fully saturated rings. The molecule has 2 N–H and O–H groups in total. The molecule has 0 spiro atoms. The topological polar surface area (TPSA) is 83.0 Å². The number of nitrogen functional groups attached to an aromatic ring is 1. The quantitative estimate of drug-likeness (QED) is 0.940. The molecule has 0 bridgehead atoms. The van der Waals surface area contributed by atoms with E-state index in [2.05, 4.69) is 11.1 Å². The molecule has 2 aromatic heterocycles. The van der Waals surface area contributed by atoms with Crippen molar-refractivity contribution in [1.82, 2.24) is 9.88 Å². The van der Waals surface area contributed by atoms with Crippen LogP contribution in [0.1, 0.15) is 22.2 Å². The maximum Gasteiger partial charge on any atom is 0.265 e. The van der Waals surface area contributed by atoms with Gasteiger partial charge in [0.05, 0.1) is 17.7 Å². The van der Waals surface area contributed by atoms with Crippen molar-refractivity contribution in [1.29, 1.82) is 5.26 Å². The Hall–Kier alpha value is -2.13. The number of thiophene rings is 1. The van der Waals surface area contributed by atoms with Crippen LogP contribution in [0.15, 0.2) is 12.3 Å². The zero-order valence-corrected chi connectivity index (χ0v) is 12.5. The molecule has 0 aliphatic carbocycles. The number of amides is 1. The Kier molecular flexibility index (Phi) is 3.91. The van der Waals surface area contributed by atoms with E-state index >= 15 is 0 Å². The molecule has 6 heteroatoms. The number of carbonyl (C=O) groups is 1. The minimum atomic E-state index is -0.209. The summed E-state index contributed by atoms with van der Waals surface area (Å²) in [4.78, 5) is 19.5. The fourth-order valence-electron chi connectivity index (χ4n) is 2.07. The number of fused-ring (bicyclic) bond motifs is 1. The van der Waals surface area contributed by atoms with Gasteiger partial charge in [0, 0.05) is 25.2 Å². The highest BCUT2D eigenvalue weighted by Crippen LogP contribution is 2.34. The lowest BCUT2D eigenvalue weighted by atomic mass is 10.1. The van der Waals surface area contributed by atoms with Gasteiger partial charge in [0.1, 0.15) is 9.71 Å². The molecule has 0 saturated carbocycles. The largest absolute Gasteiger partial charge is 0.397 e. The summed E-state index contributed by atoms with van der Waals surface area (Å²) in [6.07, 6.45) is 1.71. The molecule has 1 unspecified atom stereocenters. The summed E-state index contributed by atoms with van der Waals surface area (Å²) >= 11 is 1.30. The van der Waals surface area contributed by atoms with Crippen LogP contribution in [0.2, 0.25) is 0 Å². The summed E-state index contributed by atoms with van der Waals surface area (Å²) in [6, 6.07) is 3.99. The molecular formula is C14H16N4OS. The van der Waals surface area contributed by atoms with Gasteiger partial charge in [0.2, 0.25) is 0 Å². The first-order chi connectivity index (χ1) is 9.45. The highest BCUT2D eigenvalue weighted by atomic mass is 32.1. The molecule has 2 rings (SSSR count). The maximum absolute atomic E-state index is 12.4. The van der Waals surface area contributed by atoms with Gasteiger partial charge in [-0.25, -0.2) is 4.98 Å². The molecule has 104 valence electrons. The third-order valence-corrected chi connectivity index (χ3v) is 4.25. The first-order valence-electron chi connectivity index (χ1n) is 6.24. The zero-order chi connectivity index (χ0) is 14.9. The van der Waals surface area contributed by atoms with E-state index in [1.54, 1.807) is 20.2 Å². The number of anilines is 1. The lowest BCUT2D eigenvalue weighted by Gasteiger charge is -2.17. The van der Waals surface area contributed by atoms with Crippen LogP contribution in [0.4, 0.5) is 5.69 Å². The minimum Gasteiger partial charge on any atom is -0.397 e. The molecule has 0 aromatic carbocycles. The summed E-state index contributed by atoms with van der Waals surface area (Å²) in [5.41, 5.74) is 7.59. The van der Waals surface area contributed by atoms with Crippen LogP contribution in [0.25, 0.3) is 10.2 Å². The van der Waals surface area contributed by atoms with Crippen molar-refractivity contribution in [2.24, 2.45) is 5.92 Å². The summed E-state index contributed by atoms with van der Waals surface area (Å²) < 4.78 is 0. The van der Waals surface area contributed by atoms with E-state index in [1.807, 2.05) is 13.0 Å². The molecule has 0 radical (unpaired) electrons. The second kappa shape index (κ2) is 5.47. The van der Waals surface area contributed by atoms with Gasteiger partial charge in [-0.3, -0.25) is 4.79 Å². The van der Waals surface area contributed by atoms with Gasteiger partial charge in [0.25, 0.3) is 5.91 Å². The second-order valence-corrected chi connectivity index (χ2v) is 5.87. The van der Waals surface area contributed by atoms with E-state index in [1.165, 1.54) is 16.2 Å². The van der Waals surface area contributed by atoms with Crippen molar-refractivity contribution in [3.63, 3.8) is 0 Å². The van der Waals surface area contributed by atoms with Gasteiger partial charge in [0.15, 0.2) is 0 Å². The summed E-state index contributed by atoms with van der Waals surface area (Å²) in [5.74, 6) is -0.369. The maximum atomic E-state index is 12.4.